The topological polar surface area (TPSA) is 58.6 Å². The SMILES string of the molecule is O=C(NC1(c2ccc(F)cc2F)CCOCC1)[C@@H](O)c1ccccc1. The first-order valence-electron chi connectivity index (χ1n) is 8.10. The number of carbonyl (C=O) groups is 1. The minimum Gasteiger partial charge on any atom is -0.381 e. The van der Waals surface area contributed by atoms with Gasteiger partial charge in [-0.25, -0.2) is 8.78 Å². The Morgan fingerprint density at radius 1 is 1.12 bits per heavy atom. The van der Waals surface area contributed by atoms with E-state index in [1.54, 1.807) is 30.3 Å². The number of nitrogens with one attached hydrogen (secondary N) is 1. The normalized spacial score (nSPS) is 17.7. The van der Waals surface area contributed by atoms with Gasteiger partial charge in [-0.2, -0.15) is 0 Å². The molecule has 0 spiro atoms. The van der Waals surface area contributed by atoms with Crippen LogP contribution < -0.4 is 5.32 Å². The van der Waals surface area contributed by atoms with Crippen molar-refractivity contribution < 1.29 is 23.4 Å². The summed E-state index contributed by atoms with van der Waals surface area (Å²) in [6, 6.07) is 11.8. The van der Waals surface area contributed by atoms with Crippen molar-refractivity contribution in [2.45, 2.75) is 24.5 Å². The second kappa shape index (κ2) is 7.29. The molecular formula is C19H19F2NO3. The standard InChI is InChI=1S/C19H19F2NO3/c20-14-6-7-15(16(21)12-14)19(8-10-25-11-9-19)22-18(24)17(23)13-4-2-1-3-5-13/h1-7,12,17,23H,8-11H2,(H,22,24)/t17-/m0/s1. The van der Waals surface area contributed by atoms with E-state index in [9.17, 15) is 18.7 Å². The molecule has 0 bridgehead atoms. The molecule has 25 heavy (non-hydrogen) atoms. The van der Waals surface area contributed by atoms with Crippen molar-refractivity contribution >= 4 is 5.91 Å². The lowest BCUT2D eigenvalue weighted by Gasteiger charge is -2.39. The summed E-state index contributed by atoms with van der Waals surface area (Å²) in [5.41, 5.74) is -0.393. The van der Waals surface area contributed by atoms with Crippen LogP contribution in [-0.2, 0) is 15.1 Å². The highest BCUT2D eigenvalue weighted by atomic mass is 19.1. The van der Waals surface area contributed by atoms with E-state index in [1.165, 1.54) is 6.07 Å². The van der Waals surface area contributed by atoms with Gasteiger partial charge in [-0.1, -0.05) is 36.4 Å². The van der Waals surface area contributed by atoms with Crippen LogP contribution in [0.15, 0.2) is 48.5 Å². The molecule has 0 unspecified atom stereocenters. The Kier molecular flexibility index (Phi) is 5.11. The van der Waals surface area contributed by atoms with Gasteiger partial charge in [0.1, 0.15) is 11.6 Å². The third kappa shape index (κ3) is 3.70. The van der Waals surface area contributed by atoms with E-state index in [2.05, 4.69) is 5.32 Å². The summed E-state index contributed by atoms with van der Waals surface area (Å²) in [6.45, 7) is 0.664. The molecule has 6 heteroatoms. The van der Waals surface area contributed by atoms with E-state index >= 15 is 0 Å². The van der Waals surface area contributed by atoms with E-state index in [0.29, 0.717) is 31.6 Å². The number of amides is 1. The zero-order valence-electron chi connectivity index (χ0n) is 13.5. The van der Waals surface area contributed by atoms with Gasteiger partial charge in [0.05, 0.1) is 5.54 Å². The van der Waals surface area contributed by atoms with Crippen LogP contribution in [0.1, 0.15) is 30.1 Å². The number of ether oxygens (including phenoxy) is 1. The van der Waals surface area contributed by atoms with Gasteiger partial charge in [0.25, 0.3) is 5.91 Å². The fourth-order valence-electron chi connectivity index (χ4n) is 3.15. The molecule has 2 N–H and O–H groups in total. The highest BCUT2D eigenvalue weighted by molar-refractivity contribution is 5.82. The monoisotopic (exact) mass is 347 g/mol. The van der Waals surface area contributed by atoms with Gasteiger partial charge in [0.2, 0.25) is 0 Å². The van der Waals surface area contributed by atoms with Crippen molar-refractivity contribution in [2.75, 3.05) is 13.2 Å². The number of hydrogen-bond donors (Lipinski definition) is 2. The summed E-state index contributed by atoms with van der Waals surface area (Å²) in [4.78, 5) is 12.6. The highest BCUT2D eigenvalue weighted by Gasteiger charge is 2.39. The second-order valence-corrected chi connectivity index (χ2v) is 6.12. The Morgan fingerprint density at radius 3 is 2.44 bits per heavy atom. The van der Waals surface area contributed by atoms with Crippen molar-refractivity contribution in [3.63, 3.8) is 0 Å². The number of carbonyl (C=O) groups excluding carboxylic acids is 1. The van der Waals surface area contributed by atoms with Crippen molar-refractivity contribution in [3.05, 3.63) is 71.3 Å². The molecular weight excluding hydrogens is 328 g/mol. The summed E-state index contributed by atoms with van der Waals surface area (Å²) in [7, 11) is 0. The lowest BCUT2D eigenvalue weighted by Crippen LogP contribution is -2.51. The first kappa shape index (κ1) is 17.5. The summed E-state index contributed by atoms with van der Waals surface area (Å²) < 4.78 is 32.9. The number of rotatable bonds is 4. The largest absolute Gasteiger partial charge is 0.381 e. The third-order valence-electron chi connectivity index (χ3n) is 4.52. The molecule has 0 aromatic heterocycles. The molecule has 1 saturated heterocycles. The fraction of sp³-hybridized carbons (Fsp3) is 0.316. The van der Waals surface area contributed by atoms with E-state index in [-0.39, 0.29) is 5.56 Å². The molecule has 0 radical (unpaired) electrons. The van der Waals surface area contributed by atoms with Gasteiger partial charge in [-0.05, 0) is 24.5 Å². The maximum atomic E-state index is 14.4. The number of halogens is 2. The van der Waals surface area contributed by atoms with Crippen LogP contribution in [0.2, 0.25) is 0 Å². The molecule has 1 heterocycles. The zero-order chi connectivity index (χ0) is 17.9. The quantitative estimate of drug-likeness (QED) is 0.894. The molecule has 2 aromatic carbocycles. The van der Waals surface area contributed by atoms with Crippen molar-refractivity contribution in [1.29, 1.82) is 0 Å². The Morgan fingerprint density at radius 2 is 1.80 bits per heavy atom. The van der Waals surface area contributed by atoms with Gasteiger partial charge in [0, 0.05) is 24.8 Å². The van der Waals surface area contributed by atoms with Crippen LogP contribution >= 0.6 is 0 Å². The molecule has 4 nitrogen and oxygen atoms in total. The Labute approximate surface area is 144 Å². The highest BCUT2D eigenvalue weighted by Crippen LogP contribution is 2.34. The van der Waals surface area contributed by atoms with Crippen LogP contribution in [0.3, 0.4) is 0 Å². The first-order valence-corrected chi connectivity index (χ1v) is 8.10. The number of aliphatic hydroxyl groups is 1. The minimum atomic E-state index is -1.37. The van der Waals surface area contributed by atoms with Crippen LogP contribution in [0, 0.1) is 11.6 Å². The zero-order valence-corrected chi connectivity index (χ0v) is 13.5. The van der Waals surface area contributed by atoms with E-state index in [4.69, 9.17) is 4.74 Å². The maximum Gasteiger partial charge on any atom is 0.254 e. The number of hydrogen-bond acceptors (Lipinski definition) is 3. The molecule has 2 aromatic rings. The van der Waals surface area contributed by atoms with Crippen molar-refractivity contribution in [1.82, 2.24) is 5.32 Å². The van der Waals surface area contributed by atoms with Crippen LogP contribution in [0.25, 0.3) is 0 Å². The van der Waals surface area contributed by atoms with Gasteiger partial charge in [-0.3, -0.25) is 4.79 Å². The summed E-state index contributed by atoms with van der Waals surface area (Å²) in [5, 5.41) is 13.1. The summed E-state index contributed by atoms with van der Waals surface area (Å²) in [5.74, 6) is -2.03. The number of aliphatic hydroxyl groups excluding tert-OH is 1. The van der Waals surface area contributed by atoms with Crippen LogP contribution in [-0.4, -0.2) is 24.2 Å². The van der Waals surface area contributed by atoms with Gasteiger partial charge in [0.15, 0.2) is 6.10 Å². The van der Waals surface area contributed by atoms with E-state index in [1.807, 2.05) is 0 Å². The Balaban J connectivity index is 1.89. The molecule has 0 aliphatic carbocycles. The smallest absolute Gasteiger partial charge is 0.254 e. The Hall–Kier alpha value is -2.31. The average Bonchev–Trinajstić information content (AvgIpc) is 2.62. The predicted octanol–water partition coefficient (Wildman–Crippen LogP) is 2.82. The van der Waals surface area contributed by atoms with Gasteiger partial charge in [-0.15, -0.1) is 0 Å². The first-order chi connectivity index (χ1) is 12.0. The molecule has 1 aliphatic heterocycles. The fourth-order valence-corrected chi connectivity index (χ4v) is 3.15. The molecule has 3 rings (SSSR count). The van der Waals surface area contributed by atoms with Crippen molar-refractivity contribution in [3.8, 4) is 0 Å². The van der Waals surface area contributed by atoms with Crippen molar-refractivity contribution in [2.24, 2.45) is 0 Å². The lowest BCUT2D eigenvalue weighted by molar-refractivity contribution is -0.133. The summed E-state index contributed by atoms with van der Waals surface area (Å²) >= 11 is 0. The Bertz CT molecular complexity index is 746. The molecule has 0 saturated carbocycles. The lowest BCUT2D eigenvalue weighted by atomic mass is 9.82. The molecule has 1 atom stereocenters. The minimum absolute atomic E-state index is 0.200. The van der Waals surface area contributed by atoms with Gasteiger partial charge >= 0.3 is 0 Å². The molecule has 132 valence electrons. The van der Waals surface area contributed by atoms with E-state index < -0.39 is 29.2 Å². The van der Waals surface area contributed by atoms with Crippen LogP contribution in [0.5, 0.6) is 0 Å². The maximum absolute atomic E-state index is 14.4. The number of benzene rings is 2. The molecule has 1 aliphatic rings. The molecule has 1 fully saturated rings. The van der Waals surface area contributed by atoms with Crippen LogP contribution in [0.4, 0.5) is 8.78 Å². The van der Waals surface area contributed by atoms with E-state index in [0.717, 1.165) is 12.1 Å². The average molecular weight is 347 g/mol. The predicted molar refractivity (Wildman–Crippen MR) is 87.6 cm³/mol. The third-order valence-corrected chi connectivity index (χ3v) is 4.52. The molecule has 1 amide bonds. The van der Waals surface area contributed by atoms with Gasteiger partial charge < -0.3 is 15.2 Å². The summed E-state index contributed by atoms with van der Waals surface area (Å²) in [6.07, 6.45) is -0.699. The second-order valence-electron chi connectivity index (χ2n) is 6.12.